The van der Waals surface area contributed by atoms with E-state index in [9.17, 15) is 9.90 Å². The number of rotatable bonds is 6. The monoisotopic (exact) mass is 426 g/mol. The van der Waals surface area contributed by atoms with E-state index in [-0.39, 0.29) is 18.6 Å². The first kappa shape index (κ1) is 19.9. The van der Waals surface area contributed by atoms with Gasteiger partial charge in [-0.2, -0.15) is 5.10 Å². The lowest BCUT2D eigenvalue weighted by molar-refractivity contribution is 0.0615. The van der Waals surface area contributed by atoms with E-state index in [2.05, 4.69) is 20.4 Å². The number of carbonyl (C=O) groups is 1. The first-order chi connectivity index (χ1) is 15.6. The number of fused-ring (bicyclic) bond motifs is 1. The zero-order chi connectivity index (χ0) is 22.1. The fourth-order valence-corrected chi connectivity index (χ4v) is 3.98. The predicted octanol–water partition coefficient (Wildman–Crippen LogP) is 3.31. The summed E-state index contributed by atoms with van der Waals surface area (Å²) in [4.78, 5) is 23.8. The van der Waals surface area contributed by atoms with Crippen LogP contribution in [-0.2, 0) is 13.6 Å². The summed E-state index contributed by atoms with van der Waals surface area (Å²) in [5.41, 5.74) is 4.03. The molecule has 0 radical (unpaired) electrons. The summed E-state index contributed by atoms with van der Waals surface area (Å²) < 4.78 is 1.70. The van der Waals surface area contributed by atoms with Crippen LogP contribution in [0.1, 0.15) is 27.5 Å². The Kier molecular flexibility index (Phi) is 5.12. The van der Waals surface area contributed by atoms with Crippen LogP contribution in [0.4, 0.5) is 11.8 Å². The number of aromatic nitrogens is 4. The van der Waals surface area contributed by atoms with Crippen molar-refractivity contribution in [1.82, 2.24) is 24.6 Å². The first-order valence-corrected chi connectivity index (χ1v) is 10.3. The molecular formula is C24H22N6O2. The van der Waals surface area contributed by atoms with Crippen molar-refractivity contribution >= 4 is 17.7 Å². The second kappa shape index (κ2) is 8.24. The molecule has 1 aliphatic heterocycles. The van der Waals surface area contributed by atoms with Crippen LogP contribution in [-0.4, -0.2) is 42.3 Å². The average molecular weight is 426 g/mol. The lowest BCUT2D eigenvalue weighted by Crippen LogP contribution is -2.31. The second-order valence-electron chi connectivity index (χ2n) is 7.64. The van der Waals surface area contributed by atoms with E-state index in [1.807, 2.05) is 67.7 Å². The Morgan fingerprint density at radius 2 is 1.94 bits per heavy atom. The molecule has 1 amide bonds. The van der Waals surface area contributed by atoms with Crippen molar-refractivity contribution in [1.29, 1.82) is 0 Å². The van der Waals surface area contributed by atoms with E-state index in [1.165, 1.54) is 0 Å². The number of hydrogen-bond acceptors (Lipinski definition) is 6. The van der Waals surface area contributed by atoms with E-state index in [4.69, 9.17) is 0 Å². The second-order valence-corrected chi connectivity index (χ2v) is 7.64. The molecule has 5 rings (SSSR count). The van der Waals surface area contributed by atoms with Gasteiger partial charge in [-0.15, -0.1) is 0 Å². The van der Waals surface area contributed by atoms with Gasteiger partial charge in [-0.1, -0.05) is 42.5 Å². The molecule has 0 unspecified atom stereocenters. The maximum Gasteiger partial charge on any atom is 0.255 e. The third-order valence-electron chi connectivity index (χ3n) is 5.69. The Labute approximate surface area is 185 Å². The van der Waals surface area contributed by atoms with Crippen LogP contribution in [0, 0.1) is 0 Å². The van der Waals surface area contributed by atoms with Crippen LogP contribution < -0.4 is 5.32 Å². The van der Waals surface area contributed by atoms with Crippen LogP contribution in [0.3, 0.4) is 0 Å². The van der Waals surface area contributed by atoms with Gasteiger partial charge in [0, 0.05) is 37.0 Å². The van der Waals surface area contributed by atoms with Crippen molar-refractivity contribution in [3.63, 3.8) is 0 Å². The van der Waals surface area contributed by atoms with Crippen molar-refractivity contribution < 1.29 is 9.90 Å². The lowest BCUT2D eigenvalue weighted by atomic mass is 10.0. The Morgan fingerprint density at radius 1 is 1.09 bits per heavy atom. The van der Waals surface area contributed by atoms with E-state index < -0.39 is 0 Å². The molecule has 0 aliphatic carbocycles. The van der Waals surface area contributed by atoms with Gasteiger partial charge in [-0.05, 0) is 23.3 Å². The van der Waals surface area contributed by atoms with Crippen LogP contribution in [0.25, 0.3) is 11.3 Å². The number of anilines is 2. The minimum Gasteiger partial charge on any atom is -0.394 e. The Hall–Kier alpha value is -4.04. The zero-order valence-electron chi connectivity index (χ0n) is 17.5. The number of amides is 1. The molecule has 0 fully saturated rings. The van der Waals surface area contributed by atoms with E-state index >= 15 is 0 Å². The highest BCUT2D eigenvalue weighted by molar-refractivity contribution is 5.99. The van der Waals surface area contributed by atoms with Crippen LogP contribution in [0.5, 0.6) is 0 Å². The van der Waals surface area contributed by atoms with Gasteiger partial charge in [-0.25, -0.2) is 9.97 Å². The third kappa shape index (κ3) is 3.61. The van der Waals surface area contributed by atoms with Gasteiger partial charge in [0.25, 0.3) is 5.91 Å². The van der Waals surface area contributed by atoms with E-state index in [0.717, 1.165) is 22.5 Å². The van der Waals surface area contributed by atoms with Crippen LogP contribution >= 0.6 is 0 Å². The summed E-state index contributed by atoms with van der Waals surface area (Å²) in [5.74, 6) is 1.13. The van der Waals surface area contributed by atoms with Gasteiger partial charge in [0.05, 0.1) is 24.5 Å². The highest BCUT2D eigenvalue weighted by Gasteiger charge is 2.33. The van der Waals surface area contributed by atoms with Crippen LogP contribution in [0.2, 0.25) is 0 Å². The van der Waals surface area contributed by atoms with Crippen molar-refractivity contribution in [3.8, 4) is 11.3 Å². The van der Waals surface area contributed by atoms with Crippen molar-refractivity contribution in [2.75, 3.05) is 11.9 Å². The van der Waals surface area contributed by atoms with E-state index in [1.54, 1.807) is 22.0 Å². The summed E-state index contributed by atoms with van der Waals surface area (Å²) in [5, 5.41) is 17.3. The summed E-state index contributed by atoms with van der Waals surface area (Å²) in [7, 11) is 1.83. The smallest absolute Gasteiger partial charge is 0.255 e. The van der Waals surface area contributed by atoms with Gasteiger partial charge in [0.2, 0.25) is 5.95 Å². The minimum absolute atomic E-state index is 0.0907. The van der Waals surface area contributed by atoms with Gasteiger partial charge < -0.3 is 15.3 Å². The maximum absolute atomic E-state index is 13.2. The van der Waals surface area contributed by atoms with E-state index in [0.29, 0.717) is 23.8 Å². The topological polar surface area (TPSA) is 96.2 Å². The summed E-state index contributed by atoms with van der Waals surface area (Å²) >= 11 is 0. The molecule has 0 saturated carbocycles. The lowest BCUT2D eigenvalue weighted by Gasteiger charge is -2.26. The average Bonchev–Trinajstić information content (AvgIpc) is 3.38. The number of carbonyl (C=O) groups excluding carboxylic acids is 1. The molecule has 2 aromatic heterocycles. The minimum atomic E-state index is -0.381. The van der Waals surface area contributed by atoms with Gasteiger partial charge >= 0.3 is 0 Å². The Balaban J connectivity index is 1.42. The van der Waals surface area contributed by atoms with Gasteiger partial charge in [-0.3, -0.25) is 9.48 Å². The normalized spacial score (nSPS) is 13.8. The molecule has 0 spiro atoms. The highest BCUT2D eigenvalue weighted by atomic mass is 16.3. The van der Waals surface area contributed by atoms with Crippen molar-refractivity contribution in [2.45, 2.75) is 12.6 Å². The molecule has 1 atom stereocenters. The Morgan fingerprint density at radius 3 is 2.69 bits per heavy atom. The number of nitrogens with zero attached hydrogens (tertiary/aromatic N) is 5. The van der Waals surface area contributed by atoms with Crippen LogP contribution in [0.15, 0.2) is 73.1 Å². The molecule has 3 heterocycles. The number of aryl methyl sites for hydroxylation is 1. The number of hydrogen-bond donors (Lipinski definition) is 2. The molecule has 0 bridgehead atoms. The first-order valence-electron chi connectivity index (χ1n) is 10.3. The summed E-state index contributed by atoms with van der Waals surface area (Å²) in [6.45, 7) is 0.331. The Bertz CT molecular complexity index is 1270. The largest absolute Gasteiger partial charge is 0.394 e. The number of aliphatic hydroxyl groups excluding tert-OH is 1. The zero-order valence-corrected chi connectivity index (χ0v) is 17.5. The number of nitrogens with one attached hydrogen (secondary N) is 1. The molecule has 1 aliphatic rings. The van der Waals surface area contributed by atoms with Gasteiger partial charge in [0.1, 0.15) is 5.82 Å². The number of aliphatic hydroxyl groups is 1. The molecule has 8 nitrogen and oxygen atoms in total. The van der Waals surface area contributed by atoms with Crippen molar-refractivity contribution in [3.05, 3.63) is 89.7 Å². The molecule has 32 heavy (non-hydrogen) atoms. The molecule has 160 valence electrons. The third-order valence-corrected chi connectivity index (χ3v) is 5.69. The van der Waals surface area contributed by atoms with Crippen molar-refractivity contribution in [2.24, 2.45) is 7.05 Å². The molecule has 0 saturated heterocycles. The fourth-order valence-electron chi connectivity index (χ4n) is 3.98. The molecule has 2 aromatic carbocycles. The molecule has 8 heteroatoms. The summed E-state index contributed by atoms with van der Waals surface area (Å²) in [6.07, 6.45) is 3.37. The SMILES string of the molecule is Cn1nccc1Nc1nccc(-c2ccc3c(c2)C(=O)N([C@H](CO)c2ccccc2)C3)n1. The summed E-state index contributed by atoms with van der Waals surface area (Å²) in [6, 6.07) is 18.7. The molecule has 4 aromatic rings. The number of benzene rings is 2. The maximum atomic E-state index is 13.2. The quantitative estimate of drug-likeness (QED) is 0.491. The standard InChI is InChI=1S/C24H22N6O2/c1-29-22(10-12-26-29)28-24-25-11-9-20(27-24)17-7-8-18-14-30(23(32)19(18)13-17)21(15-31)16-5-3-2-4-6-16/h2-13,21,31H,14-15H2,1H3,(H,25,27,28)/t21-/m1/s1. The molecule has 2 N–H and O–H groups in total. The fraction of sp³-hybridized carbons (Fsp3) is 0.167. The highest BCUT2D eigenvalue weighted by Crippen LogP contribution is 2.33. The predicted molar refractivity (Wildman–Crippen MR) is 120 cm³/mol. The molecular weight excluding hydrogens is 404 g/mol. The van der Waals surface area contributed by atoms with Gasteiger partial charge in [0.15, 0.2) is 0 Å².